The Labute approximate surface area is 195 Å². The summed E-state index contributed by atoms with van der Waals surface area (Å²) < 4.78 is 5.33. The van der Waals surface area contributed by atoms with Crippen LogP contribution in [-0.4, -0.2) is 52.2 Å². The summed E-state index contributed by atoms with van der Waals surface area (Å²) in [6.45, 7) is 2.66. The molecule has 3 N–H and O–H groups in total. The molecule has 0 saturated heterocycles. The van der Waals surface area contributed by atoms with E-state index < -0.39 is 30.4 Å². The topological polar surface area (TPSA) is 144 Å². The van der Waals surface area contributed by atoms with Crippen LogP contribution in [0.2, 0.25) is 0 Å². The molecule has 0 saturated carbocycles. The fourth-order valence-corrected chi connectivity index (χ4v) is 3.26. The molecule has 1 aromatic rings. The molecular formula is C22H26N4O6S. The highest BCUT2D eigenvalue weighted by Gasteiger charge is 2.20. The summed E-state index contributed by atoms with van der Waals surface area (Å²) in [6, 6.07) is 4.75. The van der Waals surface area contributed by atoms with Crippen LogP contribution in [0.3, 0.4) is 0 Å². The van der Waals surface area contributed by atoms with Gasteiger partial charge in [0, 0.05) is 12.7 Å². The Morgan fingerprint density at radius 3 is 2.70 bits per heavy atom. The molecule has 0 aromatic carbocycles. The number of rotatable bonds is 4. The Morgan fingerprint density at radius 2 is 1.97 bits per heavy atom. The molecule has 1 aromatic heterocycles. The average molecular weight is 475 g/mol. The molecule has 0 spiro atoms. The molecule has 0 unspecified atom stereocenters. The smallest absolute Gasteiger partial charge is 0.326 e. The van der Waals surface area contributed by atoms with Gasteiger partial charge in [0.1, 0.15) is 24.0 Å². The lowest BCUT2D eigenvalue weighted by molar-refractivity contribution is -0.147. The van der Waals surface area contributed by atoms with Crippen LogP contribution in [-0.2, 0) is 30.5 Å². The fourth-order valence-electron chi connectivity index (χ4n) is 2.72. The van der Waals surface area contributed by atoms with Crippen LogP contribution in [0, 0.1) is 0 Å². The second-order valence-corrected chi connectivity index (χ2v) is 8.19. The van der Waals surface area contributed by atoms with Gasteiger partial charge < -0.3 is 20.7 Å². The molecule has 2 rings (SSSR count). The van der Waals surface area contributed by atoms with Crippen molar-refractivity contribution in [1.29, 1.82) is 0 Å². The largest absolute Gasteiger partial charge is 0.456 e. The number of amides is 3. The first-order valence-electron chi connectivity index (χ1n) is 10.3. The van der Waals surface area contributed by atoms with Crippen LogP contribution in [0.25, 0.3) is 0 Å². The van der Waals surface area contributed by atoms with Crippen molar-refractivity contribution < 1.29 is 28.7 Å². The summed E-state index contributed by atoms with van der Waals surface area (Å²) in [7, 11) is 0. The van der Waals surface area contributed by atoms with Crippen molar-refractivity contribution in [2.45, 2.75) is 39.3 Å². The normalized spacial score (nSPS) is 19.6. The van der Waals surface area contributed by atoms with Gasteiger partial charge in [-0.1, -0.05) is 30.0 Å². The van der Waals surface area contributed by atoms with Gasteiger partial charge in [-0.15, -0.1) is 0 Å². The van der Waals surface area contributed by atoms with Crippen LogP contribution < -0.4 is 16.0 Å². The van der Waals surface area contributed by atoms with Crippen molar-refractivity contribution in [2.75, 3.05) is 12.3 Å². The maximum absolute atomic E-state index is 12.4. The van der Waals surface area contributed by atoms with Gasteiger partial charge in [0.25, 0.3) is 11.8 Å². The third kappa shape index (κ3) is 9.27. The molecule has 33 heavy (non-hydrogen) atoms. The lowest BCUT2D eigenvalue weighted by Crippen LogP contribution is -2.39. The van der Waals surface area contributed by atoms with E-state index in [1.54, 1.807) is 31.2 Å². The van der Waals surface area contributed by atoms with Crippen molar-refractivity contribution in [2.24, 2.45) is 0 Å². The molecular weight excluding hydrogens is 448 g/mol. The van der Waals surface area contributed by atoms with Gasteiger partial charge in [-0.25, -0.2) is 4.98 Å². The molecule has 1 aliphatic rings. The molecule has 2 heterocycles. The number of nitrogens with one attached hydrogen (secondary N) is 3. The van der Waals surface area contributed by atoms with E-state index >= 15 is 0 Å². The highest BCUT2D eigenvalue weighted by molar-refractivity contribution is 8.13. The van der Waals surface area contributed by atoms with Gasteiger partial charge in [0.2, 0.25) is 5.91 Å². The molecule has 0 fully saturated rings. The van der Waals surface area contributed by atoms with Crippen molar-refractivity contribution in [1.82, 2.24) is 20.9 Å². The Hall–Kier alpha value is -3.47. The van der Waals surface area contributed by atoms with E-state index in [4.69, 9.17) is 4.74 Å². The number of carbonyl (C=O) groups excluding carboxylic acids is 5. The number of hydrogen-bond donors (Lipinski definition) is 3. The standard InChI is InChI=1S/C22H26N4O6S/c1-3-17-21(30)24-13-20(29)32-16(8-4-5-10-33-14(2)27)11-19(28)23-12-15-7-6-9-18(25-15)22(31)26-17/h3-4,6-9,16H,5,10-13H2,1-2H3,(H,23,28)(H,24,30)(H,26,31)/b8-4+,17-3-/t16-/m1/s1. The zero-order valence-corrected chi connectivity index (χ0v) is 19.2. The fraction of sp³-hybridized carbons (Fsp3) is 0.364. The number of thioether (sulfide) groups is 1. The van der Waals surface area contributed by atoms with E-state index in [0.717, 1.165) is 0 Å². The van der Waals surface area contributed by atoms with E-state index in [1.165, 1.54) is 30.8 Å². The molecule has 0 radical (unpaired) electrons. The molecule has 1 aliphatic heterocycles. The number of carbonyl (C=O) groups is 5. The maximum atomic E-state index is 12.4. The predicted molar refractivity (Wildman–Crippen MR) is 122 cm³/mol. The first kappa shape index (κ1) is 25.8. The number of allylic oxidation sites excluding steroid dienone is 2. The monoisotopic (exact) mass is 474 g/mol. The summed E-state index contributed by atoms with van der Waals surface area (Å²) in [6.07, 6.45) is 4.27. The van der Waals surface area contributed by atoms with E-state index in [9.17, 15) is 24.0 Å². The summed E-state index contributed by atoms with van der Waals surface area (Å²) in [5, 5.41) is 7.53. The van der Waals surface area contributed by atoms with Gasteiger partial charge in [0.15, 0.2) is 5.12 Å². The van der Waals surface area contributed by atoms with Crippen LogP contribution in [0.1, 0.15) is 42.9 Å². The number of hydrogen-bond acceptors (Lipinski definition) is 8. The lowest BCUT2D eigenvalue weighted by Gasteiger charge is -2.16. The number of esters is 1. The number of pyridine rings is 1. The molecule has 3 amide bonds. The molecule has 0 aliphatic carbocycles. The summed E-state index contributed by atoms with van der Waals surface area (Å²) in [5.74, 6) is -1.84. The number of ether oxygens (including phenoxy) is 1. The number of cyclic esters (lactones) is 1. The zero-order valence-electron chi connectivity index (χ0n) is 18.4. The van der Waals surface area contributed by atoms with Crippen LogP contribution in [0.15, 0.2) is 42.1 Å². The predicted octanol–water partition coefficient (Wildman–Crippen LogP) is 0.989. The maximum Gasteiger partial charge on any atom is 0.326 e. The molecule has 1 atom stereocenters. The van der Waals surface area contributed by atoms with Gasteiger partial charge in [-0.05, 0) is 31.6 Å². The van der Waals surface area contributed by atoms with Gasteiger partial charge in [-0.2, -0.15) is 0 Å². The van der Waals surface area contributed by atoms with Crippen LogP contribution in [0.4, 0.5) is 0 Å². The highest BCUT2D eigenvalue weighted by Crippen LogP contribution is 2.08. The Bertz CT molecular complexity index is 975. The third-order valence-corrected chi connectivity index (χ3v) is 5.14. The SMILES string of the molecule is C/C=C1\NC(=O)c2cccc(n2)CNC(=O)C[C@@H](/C=C/CCSC(C)=O)OC(=O)CNC1=O. The lowest BCUT2D eigenvalue weighted by atomic mass is 10.2. The minimum Gasteiger partial charge on any atom is -0.456 e. The molecule has 11 heteroatoms. The second kappa shape index (κ2) is 13.2. The minimum absolute atomic E-state index is 0.00372. The van der Waals surface area contributed by atoms with E-state index in [0.29, 0.717) is 17.9 Å². The Balaban J connectivity index is 2.18. The quantitative estimate of drug-likeness (QED) is 0.254. The minimum atomic E-state index is -0.857. The Kier molecular flexibility index (Phi) is 10.3. The third-order valence-electron chi connectivity index (χ3n) is 4.29. The van der Waals surface area contributed by atoms with E-state index in [2.05, 4.69) is 20.9 Å². The molecule has 176 valence electrons. The molecule has 2 bridgehead atoms. The van der Waals surface area contributed by atoms with Crippen molar-refractivity contribution in [3.05, 3.63) is 53.5 Å². The first-order valence-corrected chi connectivity index (χ1v) is 11.2. The van der Waals surface area contributed by atoms with E-state index in [-0.39, 0.29) is 35.4 Å². The van der Waals surface area contributed by atoms with Crippen LogP contribution >= 0.6 is 11.8 Å². The summed E-state index contributed by atoms with van der Waals surface area (Å²) in [5.41, 5.74) is 0.476. The Morgan fingerprint density at radius 1 is 1.18 bits per heavy atom. The first-order chi connectivity index (χ1) is 15.8. The number of fused-ring (bicyclic) bond motifs is 2. The van der Waals surface area contributed by atoms with Gasteiger partial charge >= 0.3 is 5.97 Å². The zero-order chi connectivity index (χ0) is 24.2. The molecule has 10 nitrogen and oxygen atoms in total. The van der Waals surface area contributed by atoms with E-state index in [1.807, 2.05) is 0 Å². The van der Waals surface area contributed by atoms with Gasteiger partial charge in [-0.3, -0.25) is 24.0 Å². The van der Waals surface area contributed by atoms with Crippen LogP contribution in [0.5, 0.6) is 0 Å². The summed E-state index contributed by atoms with van der Waals surface area (Å²) in [4.78, 5) is 64.7. The number of aromatic nitrogens is 1. The highest BCUT2D eigenvalue weighted by atomic mass is 32.2. The van der Waals surface area contributed by atoms with Gasteiger partial charge in [0.05, 0.1) is 18.7 Å². The second-order valence-electron chi connectivity index (χ2n) is 6.92. The summed E-state index contributed by atoms with van der Waals surface area (Å²) >= 11 is 1.17. The van der Waals surface area contributed by atoms with Crippen molar-refractivity contribution in [3.8, 4) is 0 Å². The van der Waals surface area contributed by atoms with Crippen molar-refractivity contribution >= 4 is 40.6 Å². The number of nitrogens with zero attached hydrogens (tertiary/aromatic N) is 1. The van der Waals surface area contributed by atoms with Crippen molar-refractivity contribution in [3.63, 3.8) is 0 Å². The average Bonchev–Trinajstić information content (AvgIpc) is 2.78.